The highest BCUT2D eigenvalue weighted by atomic mass is 32.1. The third-order valence-electron chi connectivity index (χ3n) is 6.11. The van der Waals surface area contributed by atoms with Crippen LogP contribution in [0.25, 0.3) is 0 Å². The van der Waals surface area contributed by atoms with Crippen LogP contribution in [0.5, 0.6) is 5.75 Å². The molecule has 1 fully saturated rings. The van der Waals surface area contributed by atoms with Crippen LogP contribution in [0.4, 0.5) is 18.7 Å². The fourth-order valence-corrected chi connectivity index (χ4v) is 4.73. The Morgan fingerprint density at radius 3 is 2.64 bits per heavy atom. The number of nitrogens with zero attached hydrogens (tertiary/aromatic N) is 3. The lowest BCUT2D eigenvalue weighted by Crippen LogP contribution is -2.60. The number of aromatic carboxylic acids is 1. The third-order valence-corrected chi connectivity index (χ3v) is 6.81. The molecular weight excluding hydrogens is 545 g/mol. The number of carbonyl (C=O) groups is 5. The summed E-state index contributed by atoms with van der Waals surface area (Å²) >= 11 is 0.949. The fraction of sp³-hybridized carbons (Fsp3) is 0.333. The van der Waals surface area contributed by atoms with E-state index in [2.05, 4.69) is 15.6 Å². The number of anilines is 1. The number of likely N-dealkylation sites (N-methyl/N-ethyl adjacent to an activating group) is 1. The lowest BCUT2D eigenvalue weighted by atomic mass is 9.72. The largest absolute Gasteiger partial charge is 0.547 e. The number of aromatic nitrogens is 1. The van der Waals surface area contributed by atoms with Gasteiger partial charge in [0.25, 0.3) is 0 Å². The van der Waals surface area contributed by atoms with E-state index in [-0.39, 0.29) is 42.4 Å². The Kier molecular flexibility index (Phi) is 7.68. The van der Waals surface area contributed by atoms with Crippen molar-refractivity contribution in [1.29, 1.82) is 0 Å². The Labute approximate surface area is 222 Å². The summed E-state index contributed by atoms with van der Waals surface area (Å²) < 4.78 is 33.2. The molecule has 1 aromatic heterocycles. The van der Waals surface area contributed by atoms with Gasteiger partial charge in [0.15, 0.2) is 22.8 Å². The fourth-order valence-electron chi connectivity index (χ4n) is 4.15. The number of hydrogen-bond donors (Lipinski definition) is 5. The molecule has 0 radical (unpaired) electrons. The molecule has 206 valence electrons. The molecule has 6 N–H and O–H groups in total. The number of halogens is 2. The number of fused-ring (bicyclic) bond motifs is 1. The Bertz CT molecular complexity index is 1380. The number of carbonyl (C=O) groups excluding carboxylic acids is 4. The molecule has 0 aliphatic carbocycles. The first-order valence-corrected chi connectivity index (χ1v) is 12.3. The Morgan fingerprint density at radius 1 is 1.31 bits per heavy atom. The molecule has 2 aliphatic heterocycles. The van der Waals surface area contributed by atoms with Gasteiger partial charge in [-0.15, -0.1) is 11.3 Å². The number of nitrogen functional groups attached to an aromatic ring is 1. The lowest BCUT2D eigenvalue weighted by molar-refractivity contribution is -0.153. The highest BCUT2D eigenvalue weighted by Crippen LogP contribution is 2.34. The second kappa shape index (κ2) is 10.8. The van der Waals surface area contributed by atoms with Crippen molar-refractivity contribution in [3.8, 4) is 5.75 Å². The number of carboxylic acid groups (broad SMARTS) is 1. The predicted molar refractivity (Wildman–Crippen MR) is 129 cm³/mol. The van der Waals surface area contributed by atoms with Crippen molar-refractivity contribution in [3.63, 3.8) is 0 Å². The molecule has 1 unspecified atom stereocenters. The van der Waals surface area contributed by atoms with Crippen molar-refractivity contribution in [2.45, 2.75) is 25.3 Å². The van der Waals surface area contributed by atoms with Gasteiger partial charge in [0.2, 0.25) is 5.91 Å². The zero-order chi connectivity index (χ0) is 28.6. The maximum Gasteiger partial charge on any atom is 0.547 e. The van der Waals surface area contributed by atoms with Crippen LogP contribution in [0.3, 0.4) is 0 Å². The third kappa shape index (κ3) is 5.33. The van der Waals surface area contributed by atoms with Crippen molar-refractivity contribution in [2.75, 3.05) is 25.4 Å². The second-order valence-electron chi connectivity index (χ2n) is 8.50. The molecule has 2 aliphatic rings. The van der Waals surface area contributed by atoms with Gasteiger partial charge in [-0.25, -0.2) is 23.4 Å². The highest BCUT2D eigenvalue weighted by Gasteiger charge is 2.42. The summed E-state index contributed by atoms with van der Waals surface area (Å²) in [5.74, 6) is -9.80. The summed E-state index contributed by atoms with van der Waals surface area (Å²) in [6.07, 6.45) is -0.369. The molecule has 2 aromatic rings. The number of thiazole rings is 1. The summed E-state index contributed by atoms with van der Waals surface area (Å²) in [5.41, 5.74) is 4.38. The number of hydrogen-bond acceptors (Lipinski definition) is 10. The number of benzene rings is 1. The molecule has 0 spiro atoms. The van der Waals surface area contributed by atoms with Crippen LogP contribution in [-0.2, 0) is 20.8 Å². The molecule has 0 saturated carbocycles. The quantitative estimate of drug-likeness (QED) is 0.219. The predicted octanol–water partition coefficient (Wildman–Crippen LogP) is -0.717. The SMILES string of the molecule is CCN1CCN(C(=O)NC(C(=O)N[C@H]2Cc3cc(F)c(F)c(C(=O)O)c3OB2O)c2csc(N)n2)C(=O)C1=O. The minimum atomic E-state index is -1.89. The molecular formula is C21H21BF2N6O8S. The van der Waals surface area contributed by atoms with Gasteiger partial charge in [-0.3, -0.25) is 19.3 Å². The van der Waals surface area contributed by atoms with Gasteiger partial charge in [-0.2, -0.15) is 0 Å². The van der Waals surface area contributed by atoms with Crippen LogP contribution >= 0.6 is 11.3 Å². The van der Waals surface area contributed by atoms with E-state index in [0.717, 1.165) is 11.3 Å². The van der Waals surface area contributed by atoms with Gasteiger partial charge in [0.05, 0.1) is 11.6 Å². The summed E-state index contributed by atoms with van der Waals surface area (Å²) in [6, 6.07) is -1.95. The van der Waals surface area contributed by atoms with Crippen molar-refractivity contribution in [3.05, 3.63) is 39.9 Å². The van der Waals surface area contributed by atoms with Gasteiger partial charge in [-0.1, -0.05) is 0 Å². The first-order chi connectivity index (χ1) is 18.4. The number of amides is 5. The van der Waals surface area contributed by atoms with Gasteiger partial charge in [0, 0.05) is 25.0 Å². The van der Waals surface area contributed by atoms with Crippen molar-refractivity contribution < 1.29 is 47.5 Å². The topological polar surface area (TPSA) is 204 Å². The minimum absolute atomic E-state index is 0.0257. The van der Waals surface area contributed by atoms with Gasteiger partial charge < -0.3 is 36.1 Å². The molecule has 4 rings (SSSR count). The van der Waals surface area contributed by atoms with Crippen LogP contribution in [-0.4, -0.2) is 87.3 Å². The number of piperazine rings is 1. The van der Waals surface area contributed by atoms with E-state index in [9.17, 15) is 42.9 Å². The number of rotatable bonds is 6. The Hall–Kier alpha value is -4.32. The average molecular weight is 566 g/mol. The first kappa shape index (κ1) is 27.7. The van der Waals surface area contributed by atoms with Crippen LogP contribution in [0.1, 0.15) is 34.6 Å². The maximum atomic E-state index is 14.0. The van der Waals surface area contributed by atoms with Crippen LogP contribution in [0.2, 0.25) is 0 Å². The zero-order valence-electron chi connectivity index (χ0n) is 20.1. The van der Waals surface area contributed by atoms with E-state index < -0.39 is 71.8 Å². The summed E-state index contributed by atoms with van der Waals surface area (Å²) in [7, 11) is -1.89. The Morgan fingerprint density at radius 2 is 2.03 bits per heavy atom. The number of nitrogens with two attached hydrogens (primary N) is 1. The highest BCUT2D eigenvalue weighted by molar-refractivity contribution is 7.13. The van der Waals surface area contributed by atoms with E-state index in [1.165, 1.54) is 10.3 Å². The molecule has 39 heavy (non-hydrogen) atoms. The smallest absolute Gasteiger partial charge is 0.534 e. The first-order valence-electron chi connectivity index (χ1n) is 11.4. The molecule has 18 heteroatoms. The molecule has 1 saturated heterocycles. The van der Waals surface area contributed by atoms with Gasteiger partial charge >= 0.3 is 30.9 Å². The normalized spacial score (nSPS) is 17.8. The summed E-state index contributed by atoms with van der Waals surface area (Å²) in [5, 5.41) is 25.8. The molecule has 0 bridgehead atoms. The lowest BCUT2D eigenvalue weighted by Gasteiger charge is -2.33. The van der Waals surface area contributed by atoms with E-state index >= 15 is 0 Å². The second-order valence-corrected chi connectivity index (χ2v) is 9.39. The van der Waals surface area contributed by atoms with Crippen LogP contribution < -0.4 is 21.0 Å². The van der Waals surface area contributed by atoms with Gasteiger partial charge in [0.1, 0.15) is 11.3 Å². The van der Waals surface area contributed by atoms with Crippen molar-refractivity contribution in [1.82, 2.24) is 25.4 Å². The van der Waals surface area contributed by atoms with Crippen LogP contribution in [0.15, 0.2) is 11.4 Å². The summed E-state index contributed by atoms with van der Waals surface area (Å²) in [4.78, 5) is 68.1. The molecule has 3 heterocycles. The van der Waals surface area contributed by atoms with E-state index in [0.29, 0.717) is 11.0 Å². The minimum Gasteiger partial charge on any atom is -0.534 e. The van der Waals surface area contributed by atoms with Crippen molar-refractivity contribution in [2.24, 2.45) is 0 Å². The van der Waals surface area contributed by atoms with Crippen molar-refractivity contribution >= 4 is 53.3 Å². The van der Waals surface area contributed by atoms with Crippen LogP contribution in [0, 0.1) is 11.6 Å². The molecule has 2 atom stereocenters. The number of urea groups is 1. The van der Waals surface area contributed by atoms with E-state index in [1.807, 2.05) is 0 Å². The molecule has 14 nitrogen and oxygen atoms in total. The molecule has 1 aromatic carbocycles. The maximum absolute atomic E-state index is 14.0. The van der Waals surface area contributed by atoms with Gasteiger partial charge in [-0.05, 0) is 25.0 Å². The van der Waals surface area contributed by atoms with E-state index in [1.54, 1.807) is 6.92 Å². The number of nitrogens with one attached hydrogen (secondary N) is 2. The zero-order valence-corrected chi connectivity index (χ0v) is 21.0. The monoisotopic (exact) mass is 566 g/mol. The molecule has 5 amide bonds. The number of carboxylic acids is 1. The Balaban J connectivity index is 1.56. The number of imide groups is 1. The summed E-state index contributed by atoms with van der Waals surface area (Å²) in [6.45, 7) is 1.90. The standard InChI is InChI=1S/C21H21BF2N6O8S/c1-2-29-3-4-30(18(33)17(29)32)21(36)28-14(10-7-39-20(25)26-10)16(31)27-11-6-8-5-9(23)13(24)12(19(34)35)15(8)38-22(11)37/h5,7,11,14,37H,2-4,6H2,1H3,(H2,25,26)(H,27,31)(H,28,36)(H,34,35)/t11-,14?/m0/s1. The average Bonchev–Trinajstić information content (AvgIpc) is 3.31. The van der Waals surface area contributed by atoms with E-state index in [4.69, 9.17) is 10.4 Å².